The van der Waals surface area contributed by atoms with Crippen LogP contribution in [0.25, 0.3) is 10.9 Å². The summed E-state index contributed by atoms with van der Waals surface area (Å²) in [5.41, 5.74) is 0.0210. The van der Waals surface area contributed by atoms with Crippen molar-refractivity contribution in [3.63, 3.8) is 0 Å². The number of amides is 1. The van der Waals surface area contributed by atoms with Gasteiger partial charge in [0.15, 0.2) is 0 Å². The van der Waals surface area contributed by atoms with E-state index < -0.39 is 29.2 Å². The van der Waals surface area contributed by atoms with E-state index in [0.29, 0.717) is 22.2 Å². The molecule has 0 bridgehead atoms. The molecule has 0 saturated carbocycles. The van der Waals surface area contributed by atoms with Crippen LogP contribution >= 0.6 is 0 Å². The second-order valence-corrected chi connectivity index (χ2v) is 6.13. The van der Waals surface area contributed by atoms with Gasteiger partial charge in [0, 0.05) is 5.69 Å². The highest BCUT2D eigenvalue weighted by Crippen LogP contribution is 2.15. The van der Waals surface area contributed by atoms with Gasteiger partial charge in [-0.15, -0.1) is 0 Å². The van der Waals surface area contributed by atoms with Crippen LogP contribution in [0.1, 0.15) is 29.7 Å². The third kappa shape index (κ3) is 3.57. The lowest BCUT2D eigenvalue weighted by molar-refractivity contribution is -0.119. The maximum atomic E-state index is 12.8. The van der Waals surface area contributed by atoms with Crippen molar-refractivity contribution in [2.75, 3.05) is 12.4 Å². The molecule has 0 aliphatic heterocycles. The lowest BCUT2D eigenvalue weighted by Crippen LogP contribution is -2.42. The van der Waals surface area contributed by atoms with Crippen LogP contribution in [0.2, 0.25) is 0 Å². The van der Waals surface area contributed by atoms with Gasteiger partial charge in [0.05, 0.1) is 23.6 Å². The Morgan fingerprint density at radius 3 is 2.43 bits per heavy atom. The fourth-order valence-corrected chi connectivity index (χ4v) is 2.98. The van der Waals surface area contributed by atoms with Gasteiger partial charge in [0.25, 0.3) is 5.56 Å². The molecule has 0 radical (unpaired) electrons. The lowest BCUT2D eigenvalue weighted by atomic mass is 10.1. The summed E-state index contributed by atoms with van der Waals surface area (Å²) in [6.07, 6.45) is 0.243. The zero-order valence-electron chi connectivity index (χ0n) is 15.4. The monoisotopic (exact) mass is 381 g/mol. The minimum Gasteiger partial charge on any atom is -0.465 e. The first-order chi connectivity index (χ1) is 13.5. The van der Waals surface area contributed by atoms with Crippen molar-refractivity contribution in [3.05, 3.63) is 74.9 Å². The Bertz CT molecular complexity index is 1140. The summed E-state index contributed by atoms with van der Waals surface area (Å²) in [5.74, 6) is -0.991. The topological polar surface area (TPSA) is 110 Å². The Morgan fingerprint density at radius 1 is 1.11 bits per heavy atom. The van der Waals surface area contributed by atoms with Crippen molar-refractivity contribution in [1.29, 1.82) is 0 Å². The van der Waals surface area contributed by atoms with Crippen LogP contribution in [0.15, 0.2) is 58.1 Å². The molecule has 0 spiro atoms. The fourth-order valence-electron chi connectivity index (χ4n) is 2.98. The summed E-state index contributed by atoms with van der Waals surface area (Å²) in [6.45, 7) is 1.71. The number of methoxy groups -OCH3 is 1. The van der Waals surface area contributed by atoms with Crippen LogP contribution in [0.3, 0.4) is 0 Å². The number of H-pyrrole nitrogens is 1. The number of para-hydroxylation sites is 1. The number of hydrogen-bond donors (Lipinski definition) is 2. The number of hydrogen-bond acceptors (Lipinski definition) is 5. The minimum absolute atomic E-state index is 0.243. The largest absolute Gasteiger partial charge is 0.465 e. The van der Waals surface area contributed by atoms with Gasteiger partial charge in [-0.1, -0.05) is 19.1 Å². The number of nitrogens with one attached hydrogen (secondary N) is 2. The number of esters is 1. The minimum atomic E-state index is -0.985. The number of fused-ring (bicyclic) bond motifs is 1. The van der Waals surface area contributed by atoms with Crippen molar-refractivity contribution < 1.29 is 14.3 Å². The van der Waals surface area contributed by atoms with Gasteiger partial charge in [-0.3, -0.25) is 9.59 Å². The molecule has 0 saturated heterocycles. The third-order valence-corrected chi connectivity index (χ3v) is 4.41. The van der Waals surface area contributed by atoms with E-state index in [-0.39, 0.29) is 6.42 Å². The van der Waals surface area contributed by atoms with E-state index in [4.69, 9.17) is 0 Å². The standard InChI is InChI=1S/C20H19N3O5/c1-3-16(17(24)21-13-10-8-12(9-11-13)19(26)28-2)23-18(25)14-6-4-5-7-15(14)22-20(23)27/h4-11,16H,3H2,1-2H3,(H,21,24)(H,22,27). The van der Waals surface area contributed by atoms with Gasteiger partial charge < -0.3 is 15.0 Å². The van der Waals surface area contributed by atoms with Gasteiger partial charge >= 0.3 is 11.7 Å². The molecule has 1 unspecified atom stereocenters. The van der Waals surface area contributed by atoms with Gasteiger partial charge in [-0.25, -0.2) is 14.2 Å². The van der Waals surface area contributed by atoms with E-state index in [1.165, 1.54) is 19.2 Å². The Hall–Kier alpha value is -3.68. The number of rotatable bonds is 5. The third-order valence-electron chi connectivity index (χ3n) is 4.41. The summed E-state index contributed by atoms with van der Waals surface area (Å²) >= 11 is 0. The van der Waals surface area contributed by atoms with Gasteiger partial charge in [-0.2, -0.15) is 0 Å². The van der Waals surface area contributed by atoms with E-state index >= 15 is 0 Å². The number of carbonyl (C=O) groups excluding carboxylic acids is 2. The number of aromatic amines is 1. The van der Waals surface area contributed by atoms with Crippen LogP contribution in [-0.2, 0) is 9.53 Å². The predicted molar refractivity (Wildman–Crippen MR) is 105 cm³/mol. The van der Waals surface area contributed by atoms with E-state index in [1.54, 1.807) is 43.3 Å². The molecule has 1 aromatic heterocycles. The molecule has 2 N–H and O–H groups in total. The smallest absolute Gasteiger partial charge is 0.337 e. The Kier molecular flexibility index (Phi) is 5.39. The Balaban J connectivity index is 1.92. The highest BCUT2D eigenvalue weighted by Gasteiger charge is 2.23. The molecule has 8 heteroatoms. The molecule has 1 heterocycles. The zero-order chi connectivity index (χ0) is 20.3. The highest BCUT2D eigenvalue weighted by atomic mass is 16.5. The number of anilines is 1. The predicted octanol–water partition coefficient (Wildman–Crippen LogP) is 2.07. The van der Waals surface area contributed by atoms with Crippen LogP contribution in [0, 0.1) is 0 Å². The van der Waals surface area contributed by atoms with Crippen LogP contribution in [0.5, 0.6) is 0 Å². The normalized spacial score (nSPS) is 11.8. The molecule has 144 valence electrons. The highest BCUT2D eigenvalue weighted by molar-refractivity contribution is 5.95. The van der Waals surface area contributed by atoms with Crippen LogP contribution in [0.4, 0.5) is 5.69 Å². The van der Waals surface area contributed by atoms with Gasteiger partial charge in [0.2, 0.25) is 5.91 Å². The molecule has 0 aliphatic rings. The first kappa shape index (κ1) is 19.1. The summed E-state index contributed by atoms with van der Waals surface area (Å²) in [5, 5.41) is 3.00. The Labute approximate surface area is 159 Å². The second-order valence-electron chi connectivity index (χ2n) is 6.13. The molecule has 1 amide bonds. The summed E-state index contributed by atoms with van der Waals surface area (Å²) < 4.78 is 5.56. The molecular weight excluding hydrogens is 362 g/mol. The number of aromatic nitrogens is 2. The SMILES string of the molecule is CCC(C(=O)Nc1ccc(C(=O)OC)cc1)n1c(=O)[nH]c2ccccc2c1=O. The average Bonchev–Trinajstić information content (AvgIpc) is 2.71. The van der Waals surface area contributed by atoms with Crippen molar-refractivity contribution in [3.8, 4) is 0 Å². The molecule has 8 nitrogen and oxygen atoms in total. The molecular formula is C20H19N3O5. The summed E-state index contributed by atoms with van der Waals surface area (Å²) in [6, 6.07) is 11.8. The van der Waals surface area contributed by atoms with Crippen LogP contribution in [-0.4, -0.2) is 28.5 Å². The van der Waals surface area contributed by atoms with E-state index in [0.717, 1.165) is 4.57 Å². The first-order valence-corrected chi connectivity index (χ1v) is 8.69. The molecule has 1 atom stereocenters. The van der Waals surface area contributed by atoms with Crippen molar-refractivity contribution in [2.24, 2.45) is 0 Å². The van der Waals surface area contributed by atoms with Crippen LogP contribution < -0.4 is 16.6 Å². The lowest BCUT2D eigenvalue weighted by Gasteiger charge is -2.17. The molecule has 28 heavy (non-hydrogen) atoms. The maximum Gasteiger partial charge on any atom is 0.337 e. The van der Waals surface area contributed by atoms with Gasteiger partial charge in [-0.05, 0) is 42.8 Å². The van der Waals surface area contributed by atoms with Gasteiger partial charge in [0.1, 0.15) is 6.04 Å². The number of nitrogens with zero attached hydrogens (tertiary/aromatic N) is 1. The van der Waals surface area contributed by atoms with E-state index in [9.17, 15) is 19.2 Å². The average molecular weight is 381 g/mol. The van der Waals surface area contributed by atoms with Crippen molar-refractivity contribution in [2.45, 2.75) is 19.4 Å². The van der Waals surface area contributed by atoms with Crippen molar-refractivity contribution in [1.82, 2.24) is 9.55 Å². The fraction of sp³-hybridized carbons (Fsp3) is 0.200. The molecule has 2 aromatic carbocycles. The first-order valence-electron chi connectivity index (χ1n) is 8.69. The van der Waals surface area contributed by atoms with Crippen molar-refractivity contribution >= 4 is 28.5 Å². The number of ether oxygens (including phenoxy) is 1. The number of benzene rings is 2. The number of carbonyl (C=O) groups is 2. The quantitative estimate of drug-likeness (QED) is 0.658. The summed E-state index contributed by atoms with van der Waals surface area (Å²) in [4.78, 5) is 52.1. The summed E-state index contributed by atoms with van der Waals surface area (Å²) in [7, 11) is 1.28. The molecule has 3 aromatic rings. The van der Waals surface area contributed by atoms with E-state index in [2.05, 4.69) is 15.0 Å². The molecule has 3 rings (SSSR count). The Morgan fingerprint density at radius 2 is 1.79 bits per heavy atom. The molecule has 0 aliphatic carbocycles. The zero-order valence-corrected chi connectivity index (χ0v) is 15.4. The molecule has 0 fully saturated rings. The maximum absolute atomic E-state index is 12.8. The van der Waals surface area contributed by atoms with E-state index in [1.807, 2.05) is 0 Å². The second kappa shape index (κ2) is 7.91.